The summed E-state index contributed by atoms with van der Waals surface area (Å²) in [5.74, 6) is 1.20. The Morgan fingerprint density at radius 1 is 1.14 bits per heavy atom. The summed E-state index contributed by atoms with van der Waals surface area (Å²) in [6.07, 6.45) is 0.489. The van der Waals surface area contributed by atoms with Gasteiger partial charge < -0.3 is 19.5 Å². The summed E-state index contributed by atoms with van der Waals surface area (Å²) < 4.78 is 39.8. The summed E-state index contributed by atoms with van der Waals surface area (Å²) in [7, 11) is 1.38. The number of rotatable bonds is 11. The molecule has 1 amide bonds. The molecule has 152 valence electrons. The lowest BCUT2D eigenvalue weighted by atomic mass is 10.1. The minimum absolute atomic E-state index is 0.0209. The van der Waals surface area contributed by atoms with Crippen molar-refractivity contribution in [2.75, 3.05) is 26.0 Å². The van der Waals surface area contributed by atoms with Gasteiger partial charge >= 0.3 is 6.61 Å². The molecular formula is C20H23F2NO4S. The van der Waals surface area contributed by atoms with E-state index in [1.807, 2.05) is 31.2 Å². The Morgan fingerprint density at radius 3 is 2.54 bits per heavy atom. The number of carbonyl (C=O) groups is 1. The van der Waals surface area contributed by atoms with Crippen molar-refractivity contribution in [1.29, 1.82) is 0 Å². The number of hydrogen-bond acceptors (Lipinski definition) is 5. The zero-order chi connectivity index (χ0) is 20.4. The van der Waals surface area contributed by atoms with Crippen LogP contribution >= 0.6 is 11.8 Å². The third-order valence-corrected chi connectivity index (χ3v) is 4.70. The third-order valence-electron chi connectivity index (χ3n) is 3.68. The monoisotopic (exact) mass is 411 g/mol. The molecular weight excluding hydrogens is 388 g/mol. The number of nitrogens with one attached hydrogen (secondary N) is 1. The summed E-state index contributed by atoms with van der Waals surface area (Å²) in [4.78, 5) is 13.0. The molecule has 0 aliphatic carbocycles. The van der Waals surface area contributed by atoms with Crippen LogP contribution < -0.4 is 19.5 Å². The maximum absolute atomic E-state index is 12.5. The van der Waals surface area contributed by atoms with Crippen LogP contribution in [0.5, 0.6) is 17.2 Å². The van der Waals surface area contributed by atoms with Crippen LogP contribution in [-0.2, 0) is 11.2 Å². The first kappa shape index (κ1) is 21.8. The van der Waals surface area contributed by atoms with E-state index in [0.717, 1.165) is 16.2 Å². The van der Waals surface area contributed by atoms with Gasteiger partial charge in [-0.2, -0.15) is 8.78 Å². The van der Waals surface area contributed by atoms with E-state index >= 15 is 0 Å². The molecule has 0 bridgehead atoms. The number of methoxy groups -OCH3 is 1. The van der Waals surface area contributed by atoms with E-state index < -0.39 is 6.61 Å². The summed E-state index contributed by atoms with van der Waals surface area (Å²) in [5, 5.41) is 2.82. The van der Waals surface area contributed by atoms with Crippen LogP contribution in [-0.4, -0.2) is 38.5 Å². The molecule has 0 saturated heterocycles. The zero-order valence-electron chi connectivity index (χ0n) is 15.7. The fourth-order valence-electron chi connectivity index (χ4n) is 2.41. The lowest BCUT2D eigenvalue weighted by Crippen LogP contribution is -2.27. The van der Waals surface area contributed by atoms with Crippen molar-refractivity contribution >= 4 is 17.7 Å². The lowest BCUT2D eigenvalue weighted by molar-refractivity contribution is -0.118. The fraction of sp³-hybridized carbons (Fsp3) is 0.350. The molecule has 0 heterocycles. The first-order chi connectivity index (χ1) is 13.5. The maximum Gasteiger partial charge on any atom is 0.387 e. The highest BCUT2D eigenvalue weighted by Gasteiger charge is 2.11. The second-order valence-electron chi connectivity index (χ2n) is 5.66. The van der Waals surface area contributed by atoms with Crippen LogP contribution in [0.1, 0.15) is 12.5 Å². The Balaban J connectivity index is 1.77. The minimum Gasteiger partial charge on any atom is -0.494 e. The van der Waals surface area contributed by atoms with Crippen molar-refractivity contribution in [2.24, 2.45) is 0 Å². The highest BCUT2D eigenvalue weighted by atomic mass is 32.2. The Bertz CT molecular complexity index is 756. The molecule has 0 aliphatic rings. The molecule has 0 aromatic heterocycles. The average molecular weight is 411 g/mol. The first-order valence-corrected chi connectivity index (χ1v) is 9.74. The van der Waals surface area contributed by atoms with E-state index in [1.165, 1.54) is 24.9 Å². The van der Waals surface area contributed by atoms with Gasteiger partial charge in [0.05, 0.1) is 19.5 Å². The SMILES string of the molecule is CCOc1ccc(SCC(=O)NCCc2ccc(OC)c(OC(F)F)c2)cc1. The maximum atomic E-state index is 12.5. The molecule has 0 saturated carbocycles. The van der Waals surface area contributed by atoms with Gasteiger partial charge in [0.2, 0.25) is 5.91 Å². The van der Waals surface area contributed by atoms with Gasteiger partial charge in [-0.15, -0.1) is 11.8 Å². The number of benzene rings is 2. The first-order valence-electron chi connectivity index (χ1n) is 8.76. The highest BCUT2D eigenvalue weighted by Crippen LogP contribution is 2.29. The molecule has 1 N–H and O–H groups in total. The molecule has 8 heteroatoms. The molecule has 0 radical (unpaired) electrons. The number of hydrogen-bond donors (Lipinski definition) is 1. The predicted octanol–water partition coefficient (Wildman–Crippen LogP) is 4.15. The van der Waals surface area contributed by atoms with Gasteiger partial charge in [0, 0.05) is 11.4 Å². The highest BCUT2D eigenvalue weighted by molar-refractivity contribution is 8.00. The average Bonchev–Trinajstić information content (AvgIpc) is 2.67. The largest absolute Gasteiger partial charge is 0.494 e. The zero-order valence-corrected chi connectivity index (χ0v) is 16.6. The summed E-state index contributed by atoms with van der Waals surface area (Å²) in [5.41, 5.74) is 0.760. The normalized spacial score (nSPS) is 10.6. The number of carbonyl (C=O) groups excluding carboxylic acids is 1. The second kappa shape index (κ2) is 11.4. The van der Waals surface area contributed by atoms with Gasteiger partial charge in [-0.3, -0.25) is 4.79 Å². The molecule has 0 atom stereocenters. The molecule has 0 fully saturated rings. The Kier molecular flexibility index (Phi) is 8.87. The number of alkyl halides is 2. The van der Waals surface area contributed by atoms with E-state index in [1.54, 1.807) is 12.1 Å². The van der Waals surface area contributed by atoms with Gasteiger partial charge in [0.25, 0.3) is 0 Å². The number of thioether (sulfide) groups is 1. The van der Waals surface area contributed by atoms with Gasteiger partial charge in [-0.1, -0.05) is 6.07 Å². The van der Waals surface area contributed by atoms with E-state index in [-0.39, 0.29) is 23.2 Å². The van der Waals surface area contributed by atoms with Crippen molar-refractivity contribution in [1.82, 2.24) is 5.32 Å². The molecule has 2 aromatic rings. The van der Waals surface area contributed by atoms with Gasteiger partial charge in [0.1, 0.15) is 5.75 Å². The van der Waals surface area contributed by atoms with E-state index in [2.05, 4.69) is 10.1 Å². The second-order valence-corrected chi connectivity index (χ2v) is 6.71. The third kappa shape index (κ3) is 7.26. The van der Waals surface area contributed by atoms with Crippen LogP contribution in [0.3, 0.4) is 0 Å². The number of ether oxygens (including phenoxy) is 3. The Labute approximate surface area is 167 Å². The molecule has 5 nitrogen and oxygen atoms in total. The van der Waals surface area contributed by atoms with E-state index in [9.17, 15) is 13.6 Å². The summed E-state index contributed by atoms with van der Waals surface area (Å²) >= 11 is 1.43. The van der Waals surface area contributed by atoms with Crippen molar-refractivity contribution in [3.63, 3.8) is 0 Å². The van der Waals surface area contributed by atoms with Crippen LogP contribution in [0.15, 0.2) is 47.4 Å². The standard InChI is InChI=1S/C20H23F2NO4S/c1-3-26-15-5-7-16(8-6-15)28-13-19(24)23-11-10-14-4-9-17(25-2)18(12-14)27-20(21)22/h4-9,12,20H,3,10-11,13H2,1-2H3,(H,23,24). The van der Waals surface area contributed by atoms with E-state index in [0.29, 0.717) is 19.6 Å². The number of halogens is 2. The minimum atomic E-state index is -2.93. The quantitative estimate of drug-likeness (QED) is 0.563. The molecule has 2 aromatic carbocycles. The van der Waals surface area contributed by atoms with Gasteiger partial charge in [0.15, 0.2) is 11.5 Å². The molecule has 0 spiro atoms. The van der Waals surface area contributed by atoms with Gasteiger partial charge in [-0.25, -0.2) is 0 Å². The van der Waals surface area contributed by atoms with Crippen molar-refractivity contribution in [2.45, 2.75) is 24.9 Å². The Morgan fingerprint density at radius 2 is 1.89 bits per heavy atom. The van der Waals surface area contributed by atoms with Crippen LogP contribution in [0.4, 0.5) is 8.78 Å². The smallest absolute Gasteiger partial charge is 0.387 e. The summed E-state index contributed by atoms with van der Waals surface area (Å²) in [6, 6.07) is 12.4. The Hall–Kier alpha value is -2.48. The van der Waals surface area contributed by atoms with Crippen molar-refractivity contribution in [3.8, 4) is 17.2 Å². The van der Waals surface area contributed by atoms with E-state index in [4.69, 9.17) is 9.47 Å². The van der Waals surface area contributed by atoms with Crippen molar-refractivity contribution in [3.05, 3.63) is 48.0 Å². The van der Waals surface area contributed by atoms with Gasteiger partial charge in [-0.05, 0) is 55.3 Å². The predicted molar refractivity (Wildman–Crippen MR) is 105 cm³/mol. The van der Waals surface area contributed by atoms with Crippen LogP contribution in [0, 0.1) is 0 Å². The number of amides is 1. The molecule has 0 unspecified atom stereocenters. The van der Waals surface area contributed by atoms with Crippen molar-refractivity contribution < 1.29 is 27.8 Å². The summed E-state index contributed by atoms with van der Waals surface area (Å²) in [6.45, 7) is -0.00318. The van der Waals surface area contributed by atoms with Crippen LogP contribution in [0.25, 0.3) is 0 Å². The topological polar surface area (TPSA) is 56.8 Å². The lowest BCUT2D eigenvalue weighted by Gasteiger charge is -2.12. The fourth-order valence-corrected chi connectivity index (χ4v) is 3.14. The molecule has 2 rings (SSSR count). The van der Waals surface area contributed by atoms with Crippen LogP contribution in [0.2, 0.25) is 0 Å². The molecule has 0 aliphatic heterocycles. The molecule has 28 heavy (non-hydrogen) atoms.